The minimum absolute atomic E-state index is 0.605. The molecule has 3 rings (SSSR count). The second kappa shape index (κ2) is 5.81. The Labute approximate surface area is 123 Å². The van der Waals surface area contributed by atoms with Crippen LogP contribution in [0.4, 0.5) is 5.69 Å². The summed E-state index contributed by atoms with van der Waals surface area (Å²) in [5.74, 6) is 1.00. The standard InChI is InChI=1S/C15H22BrN3/c16-14-9-13(10-17)3-4-15(14)19-7-5-18(6-8-19)11-12-1-2-12/h3-4,9,12H,1-2,5-8,10-11,17H2. The maximum Gasteiger partial charge on any atom is 0.0511 e. The molecule has 2 N–H and O–H groups in total. The molecule has 4 heteroatoms. The number of nitrogens with two attached hydrogens (primary N) is 1. The van der Waals surface area contributed by atoms with Crippen LogP contribution in [0.2, 0.25) is 0 Å². The lowest BCUT2D eigenvalue weighted by molar-refractivity contribution is 0.248. The van der Waals surface area contributed by atoms with Crippen molar-refractivity contribution in [1.82, 2.24) is 4.90 Å². The summed E-state index contributed by atoms with van der Waals surface area (Å²) in [6.45, 7) is 6.58. The average Bonchev–Trinajstić information content (AvgIpc) is 3.24. The van der Waals surface area contributed by atoms with Crippen molar-refractivity contribution < 1.29 is 0 Å². The van der Waals surface area contributed by atoms with Crippen molar-refractivity contribution in [3.05, 3.63) is 28.2 Å². The van der Waals surface area contributed by atoms with Gasteiger partial charge in [0.2, 0.25) is 0 Å². The van der Waals surface area contributed by atoms with Crippen molar-refractivity contribution in [2.24, 2.45) is 11.7 Å². The molecule has 0 spiro atoms. The predicted octanol–water partition coefficient (Wildman–Crippen LogP) is 2.44. The first-order chi connectivity index (χ1) is 9.26. The molecule has 0 radical (unpaired) electrons. The molecule has 1 aromatic rings. The monoisotopic (exact) mass is 323 g/mol. The van der Waals surface area contributed by atoms with Gasteiger partial charge in [0.25, 0.3) is 0 Å². The van der Waals surface area contributed by atoms with E-state index in [0.717, 1.165) is 19.0 Å². The van der Waals surface area contributed by atoms with Crippen LogP contribution in [0, 0.1) is 5.92 Å². The molecule has 0 unspecified atom stereocenters. The van der Waals surface area contributed by atoms with E-state index in [4.69, 9.17) is 5.73 Å². The largest absolute Gasteiger partial charge is 0.368 e. The van der Waals surface area contributed by atoms with Crippen molar-refractivity contribution in [3.8, 4) is 0 Å². The average molecular weight is 324 g/mol. The Morgan fingerprint density at radius 1 is 1.16 bits per heavy atom. The molecule has 1 saturated carbocycles. The van der Waals surface area contributed by atoms with Gasteiger partial charge in [-0.15, -0.1) is 0 Å². The highest BCUT2D eigenvalue weighted by Crippen LogP contribution is 2.31. The molecule has 1 heterocycles. The number of halogens is 1. The molecule has 1 aliphatic heterocycles. The van der Waals surface area contributed by atoms with Crippen LogP contribution < -0.4 is 10.6 Å². The molecule has 104 valence electrons. The minimum Gasteiger partial charge on any atom is -0.368 e. The third kappa shape index (κ3) is 3.30. The van der Waals surface area contributed by atoms with Gasteiger partial charge in [0.1, 0.15) is 0 Å². The topological polar surface area (TPSA) is 32.5 Å². The van der Waals surface area contributed by atoms with Gasteiger partial charge in [-0.2, -0.15) is 0 Å². The fourth-order valence-corrected chi connectivity index (χ4v) is 3.45. The van der Waals surface area contributed by atoms with E-state index in [1.807, 2.05) is 0 Å². The first-order valence-corrected chi connectivity index (χ1v) is 8.01. The number of rotatable bonds is 4. The minimum atomic E-state index is 0.605. The van der Waals surface area contributed by atoms with Crippen LogP contribution in [0.25, 0.3) is 0 Å². The Morgan fingerprint density at radius 2 is 1.89 bits per heavy atom. The van der Waals surface area contributed by atoms with Crippen LogP contribution in [-0.2, 0) is 6.54 Å². The molecule has 3 nitrogen and oxygen atoms in total. The summed E-state index contributed by atoms with van der Waals surface area (Å²) >= 11 is 3.68. The van der Waals surface area contributed by atoms with E-state index >= 15 is 0 Å². The van der Waals surface area contributed by atoms with Crippen LogP contribution in [0.5, 0.6) is 0 Å². The number of hydrogen-bond acceptors (Lipinski definition) is 3. The summed E-state index contributed by atoms with van der Waals surface area (Å²) in [7, 11) is 0. The molecule has 2 aliphatic rings. The normalized spacial score (nSPS) is 20.8. The quantitative estimate of drug-likeness (QED) is 0.923. The van der Waals surface area contributed by atoms with E-state index in [9.17, 15) is 0 Å². The molecule has 0 atom stereocenters. The van der Waals surface area contributed by atoms with E-state index in [1.165, 1.54) is 48.2 Å². The first-order valence-electron chi connectivity index (χ1n) is 7.22. The van der Waals surface area contributed by atoms with Gasteiger partial charge in [-0.3, -0.25) is 4.90 Å². The molecular weight excluding hydrogens is 302 g/mol. The van der Waals surface area contributed by atoms with Crippen LogP contribution in [0.1, 0.15) is 18.4 Å². The van der Waals surface area contributed by atoms with Gasteiger partial charge in [-0.05, 0) is 52.4 Å². The lowest BCUT2D eigenvalue weighted by Crippen LogP contribution is -2.47. The molecule has 0 bridgehead atoms. The van der Waals surface area contributed by atoms with Gasteiger partial charge >= 0.3 is 0 Å². The maximum absolute atomic E-state index is 5.68. The summed E-state index contributed by atoms with van der Waals surface area (Å²) in [6.07, 6.45) is 2.90. The number of hydrogen-bond donors (Lipinski definition) is 1. The third-order valence-corrected chi connectivity index (χ3v) is 4.81. The second-order valence-corrected chi connectivity index (χ2v) is 6.58. The Bertz CT molecular complexity index is 437. The van der Waals surface area contributed by atoms with E-state index in [1.54, 1.807) is 0 Å². The lowest BCUT2D eigenvalue weighted by atomic mass is 10.2. The molecule has 19 heavy (non-hydrogen) atoms. The SMILES string of the molecule is NCc1ccc(N2CCN(CC3CC3)CC2)c(Br)c1. The van der Waals surface area contributed by atoms with Crippen molar-refractivity contribution in [2.45, 2.75) is 19.4 Å². The van der Waals surface area contributed by atoms with Gasteiger partial charge in [-0.25, -0.2) is 0 Å². The smallest absolute Gasteiger partial charge is 0.0511 e. The molecule has 1 aliphatic carbocycles. The van der Waals surface area contributed by atoms with E-state index < -0.39 is 0 Å². The molecule has 0 aromatic heterocycles. The first kappa shape index (κ1) is 13.4. The van der Waals surface area contributed by atoms with Crippen molar-refractivity contribution in [2.75, 3.05) is 37.6 Å². The number of benzene rings is 1. The van der Waals surface area contributed by atoms with Crippen LogP contribution in [0.3, 0.4) is 0 Å². The Hall–Kier alpha value is -0.580. The number of piperazine rings is 1. The van der Waals surface area contributed by atoms with Crippen molar-refractivity contribution >= 4 is 21.6 Å². The number of anilines is 1. The highest BCUT2D eigenvalue weighted by molar-refractivity contribution is 9.10. The summed E-state index contributed by atoms with van der Waals surface area (Å²) in [6, 6.07) is 6.48. The van der Waals surface area contributed by atoms with Gasteiger partial charge < -0.3 is 10.6 Å². The van der Waals surface area contributed by atoms with Crippen LogP contribution in [0.15, 0.2) is 22.7 Å². The zero-order chi connectivity index (χ0) is 13.2. The summed E-state index contributed by atoms with van der Waals surface area (Å²) in [5, 5.41) is 0. The van der Waals surface area contributed by atoms with Crippen molar-refractivity contribution in [3.63, 3.8) is 0 Å². The van der Waals surface area contributed by atoms with E-state index in [0.29, 0.717) is 6.54 Å². The van der Waals surface area contributed by atoms with Crippen LogP contribution >= 0.6 is 15.9 Å². The summed E-state index contributed by atoms with van der Waals surface area (Å²) in [5.41, 5.74) is 8.17. The Morgan fingerprint density at radius 3 is 2.47 bits per heavy atom. The predicted molar refractivity (Wildman–Crippen MR) is 83.4 cm³/mol. The third-order valence-electron chi connectivity index (χ3n) is 4.17. The number of nitrogens with zero attached hydrogens (tertiary/aromatic N) is 2. The molecule has 1 aromatic carbocycles. The Kier molecular flexibility index (Phi) is 4.10. The fourth-order valence-electron chi connectivity index (χ4n) is 2.77. The molecule has 0 amide bonds. The van der Waals surface area contributed by atoms with Crippen LogP contribution in [-0.4, -0.2) is 37.6 Å². The highest BCUT2D eigenvalue weighted by atomic mass is 79.9. The molecule has 2 fully saturated rings. The van der Waals surface area contributed by atoms with E-state index in [2.05, 4.69) is 43.9 Å². The van der Waals surface area contributed by atoms with Gasteiger partial charge in [0.15, 0.2) is 0 Å². The maximum atomic E-state index is 5.68. The Balaban J connectivity index is 1.60. The van der Waals surface area contributed by atoms with Gasteiger partial charge in [0.05, 0.1) is 5.69 Å². The molecule has 1 saturated heterocycles. The van der Waals surface area contributed by atoms with Gasteiger partial charge in [0, 0.05) is 43.7 Å². The van der Waals surface area contributed by atoms with E-state index in [-0.39, 0.29) is 0 Å². The lowest BCUT2D eigenvalue weighted by Gasteiger charge is -2.36. The summed E-state index contributed by atoms with van der Waals surface area (Å²) in [4.78, 5) is 5.10. The van der Waals surface area contributed by atoms with Gasteiger partial charge in [-0.1, -0.05) is 6.07 Å². The highest BCUT2D eigenvalue weighted by Gasteiger charge is 2.26. The fraction of sp³-hybridized carbons (Fsp3) is 0.600. The zero-order valence-electron chi connectivity index (χ0n) is 11.3. The molecular formula is C15H22BrN3. The van der Waals surface area contributed by atoms with Crippen molar-refractivity contribution in [1.29, 1.82) is 0 Å². The second-order valence-electron chi connectivity index (χ2n) is 5.72. The summed E-state index contributed by atoms with van der Waals surface area (Å²) < 4.78 is 1.17. The zero-order valence-corrected chi connectivity index (χ0v) is 12.9.